The number of carbonyl (C=O) groups is 1. The van der Waals surface area contributed by atoms with Crippen LogP contribution in [0.3, 0.4) is 0 Å². The number of nitrogens with one attached hydrogen (secondary N) is 2. The van der Waals surface area contributed by atoms with Crippen LogP contribution in [0, 0.1) is 34.3 Å². The molecule has 3 rings (SSSR count). The number of amides is 1. The summed E-state index contributed by atoms with van der Waals surface area (Å²) < 4.78 is 110. The van der Waals surface area contributed by atoms with Crippen LogP contribution in [0.5, 0.6) is 0 Å². The van der Waals surface area contributed by atoms with Gasteiger partial charge in [-0.2, -0.15) is 23.7 Å². The SMILES string of the molecule is CC(C)(F)C[C@H](N[C@@H](c1ccc(-c2ccc(S(C)(=O)=O)cc2)cc1)C(F)(F)F)C(=O)N[C@H](C#N)Cc1c(F)cc(C#N)cc1F. The Labute approximate surface area is 256 Å². The van der Waals surface area contributed by atoms with Crippen molar-refractivity contribution in [2.45, 2.75) is 61.6 Å². The minimum Gasteiger partial charge on any atom is -0.339 e. The second-order valence-corrected chi connectivity index (χ2v) is 13.0. The summed E-state index contributed by atoms with van der Waals surface area (Å²) >= 11 is 0. The molecule has 0 aliphatic heterocycles. The molecule has 0 radical (unpaired) electrons. The lowest BCUT2D eigenvalue weighted by Gasteiger charge is -2.30. The zero-order chi connectivity index (χ0) is 33.7. The molecule has 3 aromatic rings. The van der Waals surface area contributed by atoms with Crippen LogP contribution in [0.25, 0.3) is 11.1 Å². The molecule has 0 saturated heterocycles. The molecule has 14 heteroatoms. The van der Waals surface area contributed by atoms with Crippen molar-refractivity contribution >= 4 is 15.7 Å². The Morgan fingerprint density at radius 1 is 0.911 bits per heavy atom. The zero-order valence-corrected chi connectivity index (χ0v) is 25.0. The molecule has 0 bridgehead atoms. The van der Waals surface area contributed by atoms with Gasteiger partial charge in [0.15, 0.2) is 9.84 Å². The van der Waals surface area contributed by atoms with Crippen LogP contribution in [-0.4, -0.2) is 44.5 Å². The predicted octanol–water partition coefficient (Wildman–Crippen LogP) is 5.86. The van der Waals surface area contributed by atoms with Crippen molar-refractivity contribution in [1.29, 1.82) is 10.5 Å². The van der Waals surface area contributed by atoms with Gasteiger partial charge in [0.2, 0.25) is 5.91 Å². The molecular weight excluding hydrogens is 622 g/mol. The van der Waals surface area contributed by atoms with E-state index in [-0.39, 0.29) is 16.0 Å². The van der Waals surface area contributed by atoms with Gasteiger partial charge in [-0.25, -0.2) is 21.6 Å². The smallest absolute Gasteiger partial charge is 0.339 e. The highest BCUT2D eigenvalue weighted by molar-refractivity contribution is 7.90. The third kappa shape index (κ3) is 9.54. The second kappa shape index (κ2) is 13.7. The summed E-state index contributed by atoms with van der Waals surface area (Å²) in [6.45, 7) is 2.09. The first-order chi connectivity index (χ1) is 20.8. The van der Waals surface area contributed by atoms with Crippen molar-refractivity contribution in [3.8, 4) is 23.3 Å². The van der Waals surface area contributed by atoms with E-state index in [9.17, 15) is 44.8 Å². The first-order valence-corrected chi connectivity index (χ1v) is 15.2. The molecule has 0 aliphatic carbocycles. The number of hydrogen-bond acceptors (Lipinski definition) is 6. The van der Waals surface area contributed by atoms with E-state index in [0.29, 0.717) is 11.1 Å². The Hall–Kier alpha value is -4.40. The van der Waals surface area contributed by atoms with Crippen LogP contribution in [0.4, 0.5) is 26.3 Å². The predicted molar refractivity (Wildman–Crippen MR) is 153 cm³/mol. The Kier molecular flexibility index (Phi) is 10.7. The van der Waals surface area contributed by atoms with Gasteiger partial charge >= 0.3 is 6.18 Å². The van der Waals surface area contributed by atoms with E-state index in [4.69, 9.17) is 5.26 Å². The van der Waals surface area contributed by atoms with E-state index in [1.54, 1.807) is 12.1 Å². The Bertz CT molecular complexity index is 1700. The molecule has 2 N–H and O–H groups in total. The van der Waals surface area contributed by atoms with Gasteiger partial charge in [-0.05, 0) is 54.8 Å². The van der Waals surface area contributed by atoms with Crippen LogP contribution in [0.15, 0.2) is 65.6 Å². The average Bonchev–Trinajstić information content (AvgIpc) is 2.94. The van der Waals surface area contributed by atoms with Crippen molar-refractivity contribution in [1.82, 2.24) is 10.6 Å². The van der Waals surface area contributed by atoms with Crippen LogP contribution in [0.1, 0.15) is 43.0 Å². The Morgan fingerprint density at radius 2 is 1.42 bits per heavy atom. The number of alkyl halides is 4. The quantitative estimate of drug-likeness (QED) is 0.251. The summed E-state index contributed by atoms with van der Waals surface area (Å²) in [7, 11) is -3.45. The largest absolute Gasteiger partial charge is 0.407 e. The lowest BCUT2D eigenvalue weighted by Crippen LogP contribution is -2.53. The summed E-state index contributed by atoms with van der Waals surface area (Å²) in [6, 6.07) is 9.47. The van der Waals surface area contributed by atoms with Crippen LogP contribution < -0.4 is 10.6 Å². The van der Waals surface area contributed by atoms with Crippen LogP contribution >= 0.6 is 0 Å². The molecule has 0 spiro atoms. The number of nitrogens with zero attached hydrogens (tertiary/aromatic N) is 2. The van der Waals surface area contributed by atoms with E-state index in [2.05, 4.69) is 10.6 Å². The van der Waals surface area contributed by atoms with Gasteiger partial charge in [-0.3, -0.25) is 10.1 Å². The van der Waals surface area contributed by atoms with Gasteiger partial charge in [0.1, 0.15) is 29.4 Å². The molecule has 1 amide bonds. The van der Waals surface area contributed by atoms with E-state index >= 15 is 0 Å². The first-order valence-electron chi connectivity index (χ1n) is 13.3. The number of halogens is 6. The number of sulfone groups is 1. The second-order valence-electron chi connectivity index (χ2n) is 11.0. The van der Waals surface area contributed by atoms with E-state index in [0.717, 1.165) is 44.4 Å². The number of benzene rings is 3. The number of rotatable bonds is 11. The molecule has 0 aromatic heterocycles. The van der Waals surface area contributed by atoms with Gasteiger partial charge in [0.05, 0.1) is 28.6 Å². The van der Waals surface area contributed by atoms with Crippen molar-refractivity contribution in [2.24, 2.45) is 0 Å². The molecule has 0 unspecified atom stereocenters. The molecule has 0 aliphatic rings. The molecule has 0 heterocycles. The molecule has 3 aromatic carbocycles. The number of nitriles is 2. The van der Waals surface area contributed by atoms with Gasteiger partial charge in [-0.15, -0.1) is 0 Å². The van der Waals surface area contributed by atoms with Gasteiger partial charge in [0.25, 0.3) is 0 Å². The minimum absolute atomic E-state index is 0.0649. The van der Waals surface area contributed by atoms with Crippen LogP contribution in [-0.2, 0) is 21.1 Å². The van der Waals surface area contributed by atoms with Gasteiger partial charge in [-0.1, -0.05) is 36.4 Å². The fourth-order valence-electron chi connectivity index (χ4n) is 4.52. The van der Waals surface area contributed by atoms with Crippen molar-refractivity contribution in [2.75, 3.05) is 6.26 Å². The zero-order valence-electron chi connectivity index (χ0n) is 24.2. The summed E-state index contributed by atoms with van der Waals surface area (Å²) in [5, 5.41) is 22.7. The first kappa shape index (κ1) is 35.1. The molecule has 0 saturated carbocycles. The summed E-state index contributed by atoms with van der Waals surface area (Å²) in [5.41, 5.74) is -2.43. The highest BCUT2D eigenvalue weighted by Gasteiger charge is 2.44. The topological polar surface area (TPSA) is 123 Å². The van der Waals surface area contributed by atoms with E-state index < -0.39 is 75.8 Å². The third-order valence-electron chi connectivity index (χ3n) is 6.71. The lowest BCUT2D eigenvalue weighted by molar-refractivity contribution is -0.161. The molecule has 0 fully saturated rings. The lowest BCUT2D eigenvalue weighted by atomic mass is 9.96. The summed E-state index contributed by atoms with van der Waals surface area (Å²) in [6.07, 6.45) is -5.41. The molecule has 238 valence electrons. The Balaban J connectivity index is 1.87. The molecule has 45 heavy (non-hydrogen) atoms. The summed E-state index contributed by atoms with van der Waals surface area (Å²) in [5.74, 6) is -3.53. The third-order valence-corrected chi connectivity index (χ3v) is 7.84. The fourth-order valence-corrected chi connectivity index (χ4v) is 5.15. The Morgan fingerprint density at radius 3 is 1.84 bits per heavy atom. The maximum atomic E-state index is 14.7. The number of hydrogen-bond donors (Lipinski definition) is 2. The standard InChI is InChI=1S/C31H28F6N4O3S/c1-30(2,34)15-27(29(42)40-22(17-39)14-24-25(32)12-18(16-38)13-26(24)33)41-28(31(35,36)37)21-6-4-19(5-7-21)20-8-10-23(11-9-20)45(3,43)44/h4-13,22,27-28,41H,14-15H2,1-3H3,(H,40,42)/t22-,27-,28-/m0/s1. The molecule has 3 atom stereocenters. The van der Waals surface area contributed by atoms with E-state index in [1.165, 1.54) is 36.4 Å². The number of carbonyl (C=O) groups excluding carboxylic acids is 1. The van der Waals surface area contributed by atoms with Crippen molar-refractivity contribution < 1.29 is 39.6 Å². The van der Waals surface area contributed by atoms with Crippen molar-refractivity contribution in [3.63, 3.8) is 0 Å². The highest BCUT2D eigenvalue weighted by atomic mass is 32.2. The van der Waals surface area contributed by atoms with E-state index in [1.807, 2.05) is 0 Å². The maximum Gasteiger partial charge on any atom is 0.407 e. The maximum absolute atomic E-state index is 14.7. The minimum atomic E-state index is -4.97. The van der Waals surface area contributed by atoms with Gasteiger partial charge in [0, 0.05) is 24.7 Å². The fraction of sp³-hybridized carbons (Fsp3) is 0.323. The highest BCUT2D eigenvalue weighted by Crippen LogP contribution is 2.35. The van der Waals surface area contributed by atoms with Gasteiger partial charge < -0.3 is 5.32 Å². The van der Waals surface area contributed by atoms with Crippen LogP contribution in [0.2, 0.25) is 0 Å². The molecule has 7 nitrogen and oxygen atoms in total. The van der Waals surface area contributed by atoms with Crippen molar-refractivity contribution in [3.05, 3.63) is 89.0 Å². The average molecular weight is 651 g/mol. The normalized spacial score (nSPS) is 14.1. The monoisotopic (exact) mass is 650 g/mol. The molecular formula is C31H28F6N4O3S. The summed E-state index contributed by atoms with van der Waals surface area (Å²) in [4.78, 5) is 13.2.